The van der Waals surface area contributed by atoms with Gasteiger partial charge >= 0.3 is 5.97 Å². The highest BCUT2D eigenvalue weighted by Gasteiger charge is 2.06. The van der Waals surface area contributed by atoms with E-state index in [1.54, 1.807) is 18.3 Å². The topological polar surface area (TPSA) is 49.7 Å². The first kappa shape index (κ1) is 16.8. The van der Waals surface area contributed by atoms with E-state index < -0.39 is 5.97 Å². The number of carboxylic acid groups (broad SMARTS) is 1. The lowest BCUT2D eigenvalue weighted by molar-refractivity contribution is 0.0695. The fourth-order valence-corrected chi connectivity index (χ4v) is 1.84. The van der Waals surface area contributed by atoms with E-state index in [0.717, 1.165) is 10.4 Å². The van der Waals surface area contributed by atoms with E-state index in [4.69, 9.17) is 5.11 Å². The van der Waals surface area contributed by atoms with Gasteiger partial charge in [-0.2, -0.15) is 0 Å². The first-order valence-corrected chi connectivity index (χ1v) is 6.20. The molecule has 0 amide bonds. The summed E-state index contributed by atoms with van der Waals surface area (Å²) >= 11 is 0. The largest absolute Gasteiger partial charge is 0.478 e. The summed E-state index contributed by atoms with van der Waals surface area (Å²) in [4.78, 5) is 14.9. The van der Waals surface area contributed by atoms with Gasteiger partial charge < -0.3 is 5.11 Å². The summed E-state index contributed by atoms with van der Waals surface area (Å²) in [6, 6.07) is 1.56. The van der Waals surface area contributed by atoms with Gasteiger partial charge in [0.25, 0.3) is 0 Å². The molecule has 0 saturated heterocycles. The van der Waals surface area contributed by atoms with Crippen molar-refractivity contribution < 1.29 is 9.90 Å². The Morgan fingerprint density at radius 1 is 1.21 bits per heavy atom. The highest BCUT2D eigenvalue weighted by atomic mass is 16.4. The fraction of sp³-hybridized carbons (Fsp3) is 0.250. The van der Waals surface area contributed by atoms with Crippen LogP contribution in [0.15, 0.2) is 11.1 Å². The minimum absolute atomic E-state index is 0.256. The zero-order valence-corrected chi connectivity index (χ0v) is 12.0. The molecule has 0 aliphatic carbocycles. The van der Waals surface area contributed by atoms with Crippen LogP contribution in [0.25, 0.3) is 24.9 Å². The molecule has 0 bridgehead atoms. The summed E-state index contributed by atoms with van der Waals surface area (Å²) in [7, 11) is 0. The predicted octanol–water partition coefficient (Wildman–Crippen LogP) is 0.861. The summed E-state index contributed by atoms with van der Waals surface area (Å²) in [6.45, 7) is 14.9. The van der Waals surface area contributed by atoms with Crippen LogP contribution in [0.5, 0.6) is 0 Å². The first-order chi connectivity index (χ1) is 9.06. The molecular weight excluding hydrogens is 238 g/mol. The third kappa shape index (κ3) is 3.65. The normalized spacial score (nSPS) is 12.9. The van der Waals surface area contributed by atoms with Crippen molar-refractivity contribution in [1.29, 1.82) is 0 Å². The number of hydrogen-bond donors (Lipinski definition) is 1. The van der Waals surface area contributed by atoms with Gasteiger partial charge in [-0.15, -0.1) is 0 Å². The molecule has 0 spiro atoms. The third-order valence-electron chi connectivity index (χ3n) is 2.56. The zero-order valence-electron chi connectivity index (χ0n) is 12.0. The number of nitrogens with zero attached hydrogens (tertiary/aromatic N) is 1. The summed E-state index contributed by atoms with van der Waals surface area (Å²) < 4.78 is 0. The van der Waals surface area contributed by atoms with Crippen LogP contribution in [0.4, 0.5) is 0 Å². The highest BCUT2D eigenvalue weighted by Crippen LogP contribution is 1.83. The Bertz CT molecular complexity index is 685. The maximum absolute atomic E-state index is 11.2. The molecule has 1 rings (SSSR count). The quantitative estimate of drug-likeness (QED) is 0.801. The van der Waals surface area contributed by atoms with E-state index in [9.17, 15) is 4.79 Å². The lowest BCUT2D eigenvalue weighted by atomic mass is 10.1. The lowest BCUT2D eigenvalue weighted by Crippen LogP contribution is -2.49. The second-order valence-electron chi connectivity index (χ2n) is 3.52. The van der Waals surface area contributed by atoms with Crippen molar-refractivity contribution in [3.63, 3.8) is 0 Å². The van der Waals surface area contributed by atoms with Gasteiger partial charge in [0.1, 0.15) is 0 Å². The van der Waals surface area contributed by atoms with Crippen molar-refractivity contribution in [3.05, 3.63) is 32.5 Å². The Labute approximate surface area is 113 Å². The number of hydrogen-bond acceptors (Lipinski definition) is 2. The number of aromatic carboxylic acids is 1. The van der Waals surface area contributed by atoms with Gasteiger partial charge in [0.2, 0.25) is 0 Å². The van der Waals surface area contributed by atoms with Crippen molar-refractivity contribution in [1.82, 2.24) is 0 Å². The molecule has 0 atom stereocenters. The summed E-state index contributed by atoms with van der Waals surface area (Å²) in [6.07, 6.45) is 5.22. The molecule has 0 radical (unpaired) electrons. The molecule has 102 valence electrons. The molecule has 1 aromatic carbocycles. The van der Waals surface area contributed by atoms with E-state index in [1.165, 1.54) is 0 Å². The summed E-state index contributed by atoms with van der Waals surface area (Å²) in [5, 5.41) is 12.1. The maximum Gasteiger partial charge on any atom is 0.336 e. The molecule has 0 unspecified atom stereocenters. The molecule has 1 N–H and O–H groups in total. The Kier molecular flexibility index (Phi) is 7.12. The molecule has 0 heterocycles. The van der Waals surface area contributed by atoms with Crippen molar-refractivity contribution in [2.75, 3.05) is 0 Å². The van der Waals surface area contributed by atoms with E-state index in [2.05, 4.69) is 18.3 Å². The highest BCUT2D eigenvalue weighted by molar-refractivity contribution is 5.88. The maximum atomic E-state index is 11.2. The predicted molar refractivity (Wildman–Crippen MR) is 83.1 cm³/mol. The van der Waals surface area contributed by atoms with Crippen LogP contribution < -0.4 is 20.9 Å². The molecule has 3 nitrogen and oxygen atoms in total. The average Bonchev–Trinajstić information content (AvgIpc) is 2.42. The van der Waals surface area contributed by atoms with Crippen LogP contribution in [-0.4, -0.2) is 17.8 Å². The second-order valence-corrected chi connectivity index (χ2v) is 3.52. The minimum Gasteiger partial charge on any atom is -0.478 e. The summed E-state index contributed by atoms with van der Waals surface area (Å²) in [5.74, 6) is -0.954. The van der Waals surface area contributed by atoms with Crippen molar-refractivity contribution in [2.24, 2.45) is 4.99 Å². The van der Waals surface area contributed by atoms with Gasteiger partial charge in [-0.05, 0) is 42.3 Å². The molecule has 0 aromatic heterocycles. The van der Waals surface area contributed by atoms with Crippen molar-refractivity contribution in [3.8, 4) is 0 Å². The third-order valence-corrected chi connectivity index (χ3v) is 2.56. The van der Waals surface area contributed by atoms with Crippen LogP contribution in [0.3, 0.4) is 0 Å². The van der Waals surface area contributed by atoms with Gasteiger partial charge in [-0.1, -0.05) is 32.6 Å². The monoisotopic (exact) mass is 259 g/mol. The van der Waals surface area contributed by atoms with Crippen LogP contribution in [0.2, 0.25) is 0 Å². The van der Waals surface area contributed by atoms with E-state index in [0.29, 0.717) is 10.4 Å². The standard InChI is InChI=1S/C14H15NO2.C2H6/c1-5-10-11(6-2)13(8-15-4)9(3)7-12(10)14(16)17;1-2/h5-8H,3-4H2,1-2H3,(H,16,17);1-2H3/b10-5+,11-6+,13-8+;. The Morgan fingerprint density at radius 2 is 1.74 bits per heavy atom. The molecule has 19 heavy (non-hydrogen) atoms. The van der Waals surface area contributed by atoms with Gasteiger partial charge in [-0.3, -0.25) is 4.99 Å². The number of benzene rings is 1. The summed E-state index contributed by atoms with van der Waals surface area (Å²) in [5.41, 5.74) is 0.256. The number of carbonyl (C=O) groups is 1. The number of rotatable bonds is 2. The molecule has 0 fully saturated rings. The molecule has 0 aliphatic heterocycles. The Hall–Kier alpha value is -2.16. The van der Waals surface area contributed by atoms with Crippen LogP contribution in [0, 0.1) is 0 Å². The van der Waals surface area contributed by atoms with Gasteiger partial charge in [-0.25, -0.2) is 4.79 Å². The Balaban J connectivity index is 0.00000154. The van der Waals surface area contributed by atoms with E-state index >= 15 is 0 Å². The molecular formula is C16H21NO2. The first-order valence-electron chi connectivity index (χ1n) is 6.20. The smallest absolute Gasteiger partial charge is 0.336 e. The van der Waals surface area contributed by atoms with E-state index in [1.807, 2.05) is 33.8 Å². The number of carboxylic acids is 1. The molecule has 0 aliphatic rings. The zero-order chi connectivity index (χ0) is 15.0. The Morgan fingerprint density at radius 3 is 2.11 bits per heavy atom. The van der Waals surface area contributed by atoms with Crippen LogP contribution in [0.1, 0.15) is 38.1 Å². The average molecular weight is 259 g/mol. The second kappa shape index (κ2) is 8.03. The molecule has 3 heteroatoms. The molecule has 1 aromatic rings. The van der Waals surface area contributed by atoms with Crippen LogP contribution >= 0.6 is 0 Å². The van der Waals surface area contributed by atoms with Crippen LogP contribution in [-0.2, 0) is 0 Å². The molecule has 0 saturated carbocycles. The van der Waals surface area contributed by atoms with Crippen molar-refractivity contribution in [2.45, 2.75) is 27.7 Å². The lowest BCUT2D eigenvalue weighted by Gasteiger charge is -2.00. The number of aliphatic imine (C=N–C) groups is 1. The minimum atomic E-state index is -0.954. The fourth-order valence-electron chi connectivity index (χ4n) is 1.84. The SMILES string of the molecule is C=N\C=c1/c(=C)cc(C(=O)O)c(=C/C)/c1=C\C.CC. The van der Waals surface area contributed by atoms with E-state index in [-0.39, 0.29) is 5.56 Å². The van der Waals surface area contributed by atoms with Crippen molar-refractivity contribution >= 4 is 37.6 Å². The van der Waals surface area contributed by atoms with Gasteiger partial charge in [0.05, 0.1) is 5.56 Å². The van der Waals surface area contributed by atoms with Gasteiger partial charge in [0, 0.05) is 11.4 Å². The van der Waals surface area contributed by atoms with Gasteiger partial charge in [0.15, 0.2) is 0 Å².